The van der Waals surface area contributed by atoms with Gasteiger partial charge in [0, 0.05) is 33.2 Å². The molecule has 0 aliphatic heterocycles. The highest BCUT2D eigenvalue weighted by Crippen LogP contribution is 2.35. The van der Waals surface area contributed by atoms with Crippen LogP contribution in [0.4, 0.5) is 4.39 Å². The molecule has 4 rings (SSSR count). The van der Waals surface area contributed by atoms with Crippen LogP contribution in [0.2, 0.25) is 0 Å². The average molecular weight is 334 g/mol. The summed E-state index contributed by atoms with van der Waals surface area (Å²) < 4.78 is 13.5. The number of rotatable bonds is 3. The van der Waals surface area contributed by atoms with Crippen molar-refractivity contribution in [1.82, 2.24) is 9.97 Å². The molecule has 2 aromatic carbocycles. The molecule has 0 unspecified atom stereocenters. The van der Waals surface area contributed by atoms with Crippen LogP contribution in [0.1, 0.15) is 50.6 Å². The SMILES string of the molecule is CC(C)c1cc2cc(C(C)(C)c3cc4cc(F)ccc4[nH]3)ccc2[nH]1. The van der Waals surface area contributed by atoms with Crippen molar-refractivity contribution in [3.8, 4) is 0 Å². The molecule has 2 heterocycles. The van der Waals surface area contributed by atoms with Gasteiger partial charge in [0.2, 0.25) is 0 Å². The first kappa shape index (κ1) is 15.9. The van der Waals surface area contributed by atoms with Gasteiger partial charge in [0.1, 0.15) is 5.82 Å². The monoisotopic (exact) mass is 334 g/mol. The Labute approximate surface area is 147 Å². The third kappa shape index (κ3) is 2.64. The van der Waals surface area contributed by atoms with Crippen LogP contribution in [-0.2, 0) is 5.41 Å². The third-order valence-corrected chi connectivity index (χ3v) is 5.24. The summed E-state index contributed by atoms with van der Waals surface area (Å²) in [5, 5.41) is 2.14. The maximum atomic E-state index is 13.5. The van der Waals surface area contributed by atoms with E-state index in [1.807, 2.05) is 0 Å². The molecule has 128 valence electrons. The van der Waals surface area contributed by atoms with Crippen LogP contribution in [0.3, 0.4) is 0 Å². The van der Waals surface area contributed by atoms with Gasteiger partial charge >= 0.3 is 0 Å². The van der Waals surface area contributed by atoms with Crippen LogP contribution in [0.25, 0.3) is 21.8 Å². The number of benzene rings is 2. The molecule has 0 aliphatic rings. The van der Waals surface area contributed by atoms with Crippen LogP contribution >= 0.6 is 0 Å². The quantitative estimate of drug-likeness (QED) is 0.444. The van der Waals surface area contributed by atoms with Crippen LogP contribution in [-0.4, -0.2) is 9.97 Å². The van der Waals surface area contributed by atoms with E-state index >= 15 is 0 Å². The number of aromatic nitrogens is 2. The zero-order valence-electron chi connectivity index (χ0n) is 15.1. The van der Waals surface area contributed by atoms with Gasteiger partial charge in [-0.25, -0.2) is 4.39 Å². The van der Waals surface area contributed by atoms with Crippen molar-refractivity contribution >= 4 is 21.8 Å². The molecule has 2 N–H and O–H groups in total. The fraction of sp³-hybridized carbons (Fsp3) is 0.273. The van der Waals surface area contributed by atoms with Gasteiger partial charge in [0.25, 0.3) is 0 Å². The van der Waals surface area contributed by atoms with Crippen LogP contribution in [0.15, 0.2) is 48.5 Å². The van der Waals surface area contributed by atoms with Crippen molar-refractivity contribution in [1.29, 1.82) is 0 Å². The van der Waals surface area contributed by atoms with Gasteiger partial charge < -0.3 is 9.97 Å². The lowest BCUT2D eigenvalue weighted by Crippen LogP contribution is -2.19. The summed E-state index contributed by atoms with van der Waals surface area (Å²) in [6.45, 7) is 8.79. The highest BCUT2D eigenvalue weighted by molar-refractivity contribution is 5.83. The molecule has 0 fully saturated rings. The smallest absolute Gasteiger partial charge is 0.123 e. The molecule has 0 spiro atoms. The van der Waals surface area contributed by atoms with E-state index in [1.165, 1.54) is 28.2 Å². The Kier molecular flexibility index (Phi) is 3.50. The zero-order valence-corrected chi connectivity index (χ0v) is 15.1. The normalized spacial score (nSPS) is 12.6. The van der Waals surface area contributed by atoms with E-state index in [1.54, 1.807) is 12.1 Å². The zero-order chi connectivity index (χ0) is 17.8. The molecule has 3 heteroatoms. The number of halogens is 1. The summed E-state index contributed by atoms with van der Waals surface area (Å²) in [7, 11) is 0. The summed E-state index contributed by atoms with van der Waals surface area (Å²) in [5.74, 6) is 0.276. The van der Waals surface area contributed by atoms with Crippen molar-refractivity contribution < 1.29 is 4.39 Å². The number of hydrogen-bond acceptors (Lipinski definition) is 0. The molecule has 0 radical (unpaired) electrons. The van der Waals surface area contributed by atoms with Gasteiger partial charge in [-0.05, 0) is 59.3 Å². The van der Waals surface area contributed by atoms with E-state index in [0.29, 0.717) is 5.92 Å². The van der Waals surface area contributed by atoms with Crippen LogP contribution < -0.4 is 0 Å². The lowest BCUT2D eigenvalue weighted by atomic mass is 9.81. The van der Waals surface area contributed by atoms with Crippen molar-refractivity contribution in [3.05, 3.63) is 71.3 Å². The van der Waals surface area contributed by atoms with Gasteiger partial charge in [-0.1, -0.05) is 33.8 Å². The van der Waals surface area contributed by atoms with E-state index in [4.69, 9.17) is 0 Å². The lowest BCUT2D eigenvalue weighted by Gasteiger charge is -2.24. The van der Waals surface area contributed by atoms with Crippen molar-refractivity contribution in [2.75, 3.05) is 0 Å². The Morgan fingerprint density at radius 3 is 2.28 bits per heavy atom. The maximum absolute atomic E-state index is 13.5. The Morgan fingerprint density at radius 2 is 1.52 bits per heavy atom. The molecule has 2 nitrogen and oxygen atoms in total. The molecule has 2 aromatic heterocycles. The van der Waals surface area contributed by atoms with E-state index in [9.17, 15) is 4.39 Å². The predicted octanol–water partition coefficient (Wildman–Crippen LogP) is 6.24. The summed E-state index contributed by atoms with van der Waals surface area (Å²) in [6, 6.07) is 15.7. The van der Waals surface area contributed by atoms with Crippen molar-refractivity contribution in [2.45, 2.75) is 39.0 Å². The molecule has 0 atom stereocenters. The Hall–Kier alpha value is -2.55. The van der Waals surface area contributed by atoms with Crippen molar-refractivity contribution in [2.24, 2.45) is 0 Å². The Morgan fingerprint density at radius 1 is 0.840 bits per heavy atom. The van der Waals surface area contributed by atoms with E-state index in [-0.39, 0.29) is 11.2 Å². The fourth-order valence-corrected chi connectivity index (χ4v) is 3.45. The summed E-state index contributed by atoms with van der Waals surface area (Å²) >= 11 is 0. The number of hydrogen-bond donors (Lipinski definition) is 2. The maximum Gasteiger partial charge on any atom is 0.123 e. The molecule has 0 aliphatic carbocycles. The lowest BCUT2D eigenvalue weighted by molar-refractivity contribution is 0.624. The van der Waals surface area contributed by atoms with E-state index in [0.717, 1.165) is 16.6 Å². The molecule has 4 aromatic rings. The molecule has 25 heavy (non-hydrogen) atoms. The topological polar surface area (TPSA) is 31.6 Å². The molecule has 0 saturated heterocycles. The van der Waals surface area contributed by atoms with Crippen LogP contribution in [0, 0.1) is 5.82 Å². The highest BCUT2D eigenvalue weighted by atomic mass is 19.1. The average Bonchev–Trinajstić information content (AvgIpc) is 3.17. The molecule has 0 bridgehead atoms. The number of H-pyrrole nitrogens is 2. The van der Waals surface area contributed by atoms with Gasteiger partial charge in [0.15, 0.2) is 0 Å². The molecule has 0 saturated carbocycles. The van der Waals surface area contributed by atoms with Gasteiger partial charge in [0.05, 0.1) is 0 Å². The van der Waals surface area contributed by atoms with E-state index < -0.39 is 0 Å². The second-order valence-corrected chi connectivity index (χ2v) is 7.72. The first-order chi connectivity index (χ1) is 11.8. The molecular weight excluding hydrogens is 311 g/mol. The first-order valence-corrected chi connectivity index (χ1v) is 8.76. The fourth-order valence-electron chi connectivity index (χ4n) is 3.45. The summed E-state index contributed by atoms with van der Waals surface area (Å²) in [5.41, 5.74) is 5.52. The van der Waals surface area contributed by atoms with Gasteiger partial charge in [-0.2, -0.15) is 0 Å². The third-order valence-electron chi connectivity index (χ3n) is 5.24. The van der Waals surface area contributed by atoms with Crippen molar-refractivity contribution in [3.63, 3.8) is 0 Å². The number of aromatic amines is 2. The second-order valence-electron chi connectivity index (χ2n) is 7.72. The highest BCUT2D eigenvalue weighted by Gasteiger charge is 2.25. The minimum absolute atomic E-state index is 0.195. The Bertz CT molecular complexity index is 1070. The van der Waals surface area contributed by atoms with Gasteiger partial charge in [-0.3, -0.25) is 0 Å². The van der Waals surface area contributed by atoms with Gasteiger partial charge in [-0.15, -0.1) is 0 Å². The summed E-state index contributed by atoms with van der Waals surface area (Å²) in [6.07, 6.45) is 0. The summed E-state index contributed by atoms with van der Waals surface area (Å²) in [4.78, 5) is 6.95. The largest absolute Gasteiger partial charge is 0.358 e. The minimum Gasteiger partial charge on any atom is -0.358 e. The minimum atomic E-state index is -0.203. The number of fused-ring (bicyclic) bond motifs is 2. The number of nitrogens with one attached hydrogen (secondary N) is 2. The standard InChI is InChI=1S/C22H23FN2/c1-13(2)20-11-14-9-16(5-7-18(14)24-20)22(3,4)21-12-15-10-17(23)6-8-19(15)25-21/h5-13,24-25H,1-4H3. The first-order valence-electron chi connectivity index (χ1n) is 8.76. The van der Waals surface area contributed by atoms with Crippen LogP contribution in [0.5, 0.6) is 0 Å². The molecular formula is C22H23FN2. The Balaban J connectivity index is 1.81. The second kappa shape index (κ2) is 5.48. The predicted molar refractivity (Wildman–Crippen MR) is 103 cm³/mol. The molecule has 0 amide bonds. The van der Waals surface area contributed by atoms with E-state index in [2.05, 4.69) is 68.0 Å².